The lowest BCUT2D eigenvalue weighted by molar-refractivity contribution is 0.266. The lowest BCUT2D eigenvalue weighted by Gasteiger charge is -2.21. The van der Waals surface area contributed by atoms with Crippen molar-refractivity contribution in [3.63, 3.8) is 0 Å². The first-order valence-corrected chi connectivity index (χ1v) is 6.55. The van der Waals surface area contributed by atoms with Gasteiger partial charge in [0.25, 0.3) is 0 Å². The second kappa shape index (κ2) is 4.30. The summed E-state index contributed by atoms with van der Waals surface area (Å²) >= 11 is 1.65. The molecule has 1 fully saturated rings. The summed E-state index contributed by atoms with van der Waals surface area (Å²) in [4.78, 5) is 2.19. The molecule has 1 atom stereocenters. The molecule has 1 aromatic rings. The molecule has 1 aliphatic heterocycles. The van der Waals surface area contributed by atoms with Crippen LogP contribution in [0, 0.1) is 0 Å². The van der Waals surface area contributed by atoms with Crippen LogP contribution in [0.2, 0.25) is 0 Å². The normalized spacial score (nSPS) is 21.8. The SMILES string of the molecule is CC(C)(C)c1nnc(N2CCC[C@H]2CO)s1. The quantitative estimate of drug-likeness (QED) is 0.857. The Morgan fingerprint density at radius 1 is 1.44 bits per heavy atom. The highest BCUT2D eigenvalue weighted by molar-refractivity contribution is 7.15. The van der Waals surface area contributed by atoms with Gasteiger partial charge in [-0.05, 0) is 12.8 Å². The van der Waals surface area contributed by atoms with Crippen molar-refractivity contribution in [1.29, 1.82) is 0 Å². The monoisotopic (exact) mass is 241 g/mol. The minimum absolute atomic E-state index is 0.0599. The van der Waals surface area contributed by atoms with Gasteiger partial charge in [-0.1, -0.05) is 32.1 Å². The van der Waals surface area contributed by atoms with Gasteiger partial charge in [-0.15, -0.1) is 10.2 Å². The summed E-state index contributed by atoms with van der Waals surface area (Å²) < 4.78 is 0. The smallest absolute Gasteiger partial charge is 0.208 e. The lowest BCUT2D eigenvalue weighted by atomic mass is 9.98. The van der Waals surface area contributed by atoms with Crippen molar-refractivity contribution >= 4 is 16.5 Å². The van der Waals surface area contributed by atoms with Gasteiger partial charge in [0.2, 0.25) is 5.13 Å². The molecule has 1 N–H and O–H groups in total. The van der Waals surface area contributed by atoms with Crippen molar-refractivity contribution in [2.75, 3.05) is 18.1 Å². The number of hydrogen-bond acceptors (Lipinski definition) is 5. The van der Waals surface area contributed by atoms with Crippen molar-refractivity contribution in [1.82, 2.24) is 10.2 Å². The standard InChI is InChI=1S/C11H19N3OS/c1-11(2,3)9-12-13-10(16-9)14-6-4-5-8(14)7-15/h8,15H,4-7H2,1-3H3/t8-/m0/s1. The van der Waals surface area contributed by atoms with E-state index in [0.717, 1.165) is 29.5 Å². The van der Waals surface area contributed by atoms with Crippen molar-refractivity contribution in [3.05, 3.63) is 5.01 Å². The van der Waals surface area contributed by atoms with Gasteiger partial charge >= 0.3 is 0 Å². The maximum absolute atomic E-state index is 9.28. The molecule has 1 aliphatic rings. The molecule has 0 unspecified atom stereocenters. The molecule has 16 heavy (non-hydrogen) atoms. The van der Waals surface area contributed by atoms with E-state index in [1.807, 2.05) is 0 Å². The molecule has 5 heteroatoms. The minimum atomic E-state index is 0.0599. The zero-order valence-corrected chi connectivity index (χ0v) is 10.9. The molecule has 2 heterocycles. The maximum atomic E-state index is 9.28. The Kier molecular flexibility index (Phi) is 3.17. The maximum Gasteiger partial charge on any atom is 0.208 e. The van der Waals surface area contributed by atoms with Crippen molar-refractivity contribution in [2.24, 2.45) is 0 Å². The van der Waals surface area contributed by atoms with Crippen molar-refractivity contribution in [3.8, 4) is 0 Å². The van der Waals surface area contributed by atoms with Crippen LogP contribution in [0.25, 0.3) is 0 Å². The van der Waals surface area contributed by atoms with Crippen LogP contribution in [0.1, 0.15) is 38.6 Å². The third-order valence-electron chi connectivity index (χ3n) is 2.89. The third-order valence-corrected chi connectivity index (χ3v) is 4.28. The summed E-state index contributed by atoms with van der Waals surface area (Å²) in [5, 5.41) is 19.8. The number of aliphatic hydroxyl groups excluding tert-OH is 1. The molecule has 0 aromatic carbocycles. The Balaban J connectivity index is 2.18. The number of aliphatic hydroxyl groups is 1. The molecule has 2 rings (SSSR count). The number of aromatic nitrogens is 2. The Hall–Kier alpha value is -0.680. The topological polar surface area (TPSA) is 49.2 Å². The van der Waals surface area contributed by atoms with Crippen LogP contribution in [0.5, 0.6) is 0 Å². The fourth-order valence-electron chi connectivity index (χ4n) is 1.91. The Morgan fingerprint density at radius 3 is 2.75 bits per heavy atom. The van der Waals surface area contributed by atoms with E-state index in [-0.39, 0.29) is 18.1 Å². The molecule has 1 aromatic heterocycles. The second-order valence-corrected chi connectivity index (χ2v) is 6.27. The fourth-order valence-corrected chi connectivity index (χ4v) is 2.91. The van der Waals surface area contributed by atoms with E-state index in [4.69, 9.17) is 0 Å². The minimum Gasteiger partial charge on any atom is -0.394 e. The van der Waals surface area contributed by atoms with Gasteiger partial charge < -0.3 is 10.0 Å². The highest BCUT2D eigenvalue weighted by Gasteiger charge is 2.28. The number of hydrogen-bond donors (Lipinski definition) is 1. The summed E-state index contributed by atoms with van der Waals surface area (Å²) in [7, 11) is 0. The molecule has 0 saturated carbocycles. The first-order chi connectivity index (χ1) is 7.52. The predicted molar refractivity (Wildman–Crippen MR) is 66.1 cm³/mol. The van der Waals surface area contributed by atoms with Crippen molar-refractivity contribution < 1.29 is 5.11 Å². The number of rotatable bonds is 2. The highest BCUT2D eigenvalue weighted by Crippen LogP contribution is 2.33. The second-order valence-electron chi connectivity index (χ2n) is 5.31. The van der Waals surface area contributed by atoms with E-state index < -0.39 is 0 Å². The average Bonchev–Trinajstić information content (AvgIpc) is 2.84. The van der Waals surface area contributed by atoms with Crippen LogP contribution in [0.3, 0.4) is 0 Å². The Labute approximate surface area is 100 Å². The molecule has 0 spiro atoms. The molecule has 0 amide bonds. The first-order valence-electron chi connectivity index (χ1n) is 5.74. The first kappa shape index (κ1) is 11.8. The van der Waals surface area contributed by atoms with Gasteiger partial charge in [-0.3, -0.25) is 0 Å². The van der Waals surface area contributed by atoms with Gasteiger partial charge in [-0.2, -0.15) is 0 Å². The average molecular weight is 241 g/mol. The number of nitrogens with zero attached hydrogens (tertiary/aromatic N) is 3. The molecule has 0 bridgehead atoms. The van der Waals surface area contributed by atoms with Crippen LogP contribution in [0.15, 0.2) is 0 Å². The molecular weight excluding hydrogens is 222 g/mol. The van der Waals surface area contributed by atoms with E-state index in [9.17, 15) is 5.11 Å². The predicted octanol–water partition coefficient (Wildman–Crippen LogP) is 1.80. The van der Waals surface area contributed by atoms with Crippen molar-refractivity contribution in [2.45, 2.75) is 45.1 Å². The van der Waals surface area contributed by atoms with Crippen LogP contribution in [-0.2, 0) is 5.41 Å². The van der Waals surface area contributed by atoms with Gasteiger partial charge in [0.1, 0.15) is 5.01 Å². The van der Waals surface area contributed by atoms with Gasteiger partial charge in [0, 0.05) is 12.0 Å². The van der Waals surface area contributed by atoms with Gasteiger partial charge in [-0.25, -0.2) is 0 Å². The van der Waals surface area contributed by atoms with E-state index in [2.05, 4.69) is 35.9 Å². The van der Waals surface area contributed by atoms with Crippen LogP contribution < -0.4 is 4.90 Å². The number of anilines is 1. The highest BCUT2D eigenvalue weighted by atomic mass is 32.1. The Morgan fingerprint density at radius 2 is 2.19 bits per heavy atom. The summed E-state index contributed by atoms with van der Waals surface area (Å²) in [6.45, 7) is 7.63. The van der Waals surface area contributed by atoms with Crippen LogP contribution >= 0.6 is 11.3 Å². The van der Waals surface area contributed by atoms with Crippen LogP contribution in [-0.4, -0.2) is 34.5 Å². The van der Waals surface area contributed by atoms with Gasteiger partial charge in [0.15, 0.2) is 0 Å². The summed E-state index contributed by atoms with van der Waals surface area (Å²) in [5.41, 5.74) is 0.0599. The summed E-state index contributed by atoms with van der Waals surface area (Å²) in [6, 6.07) is 0.237. The van der Waals surface area contributed by atoms with E-state index in [1.165, 1.54) is 0 Å². The zero-order chi connectivity index (χ0) is 11.8. The lowest BCUT2D eigenvalue weighted by Crippen LogP contribution is -2.31. The van der Waals surface area contributed by atoms with Crippen LogP contribution in [0.4, 0.5) is 5.13 Å². The molecule has 0 radical (unpaired) electrons. The van der Waals surface area contributed by atoms with Gasteiger partial charge in [0.05, 0.1) is 12.6 Å². The third kappa shape index (κ3) is 2.20. The molecule has 90 valence electrons. The summed E-state index contributed by atoms with van der Waals surface area (Å²) in [5.74, 6) is 0. The largest absolute Gasteiger partial charge is 0.394 e. The molecule has 0 aliphatic carbocycles. The zero-order valence-electron chi connectivity index (χ0n) is 10.1. The summed E-state index contributed by atoms with van der Waals surface area (Å²) in [6.07, 6.45) is 2.19. The fraction of sp³-hybridized carbons (Fsp3) is 0.818. The van der Waals surface area contributed by atoms with E-state index >= 15 is 0 Å². The van der Waals surface area contributed by atoms with E-state index in [1.54, 1.807) is 11.3 Å². The molecule has 1 saturated heterocycles. The molecular formula is C11H19N3OS. The van der Waals surface area contributed by atoms with E-state index in [0.29, 0.717) is 0 Å². The molecule has 4 nitrogen and oxygen atoms in total. The Bertz CT molecular complexity index is 358.